The predicted octanol–water partition coefficient (Wildman–Crippen LogP) is 1.09. The Morgan fingerprint density at radius 3 is 2.31 bits per heavy atom. The van der Waals surface area contributed by atoms with Gasteiger partial charge in [0.2, 0.25) is 5.91 Å². The van der Waals surface area contributed by atoms with Crippen LogP contribution in [0.5, 0.6) is 0 Å². The first-order valence-electron chi connectivity index (χ1n) is 8.40. The van der Waals surface area contributed by atoms with Crippen molar-refractivity contribution in [3.8, 4) is 0 Å². The fourth-order valence-corrected chi connectivity index (χ4v) is 3.52. The summed E-state index contributed by atoms with van der Waals surface area (Å²) in [5, 5.41) is 4.21. The third-order valence-electron chi connectivity index (χ3n) is 5.12. The molecule has 1 amide bonds. The summed E-state index contributed by atoms with van der Waals surface area (Å²) >= 11 is 0. The van der Waals surface area contributed by atoms with E-state index >= 15 is 0 Å². The average molecular weight is 431 g/mol. The van der Waals surface area contributed by atoms with Gasteiger partial charge in [0.05, 0.1) is 11.6 Å². The van der Waals surface area contributed by atoms with Crippen molar-refractivity contribution >= 4 is 43.1 Å². The molecule has 0 radical (unpaired) electrons. The summed E-state index contributed by atoms with van der Waals surface area (Å²) in [6.07, 6.45) is 5.45. The Morgan fingerprint density at radius 2 is 1.81 bits per heavy atom. The van der Waals surface area contributed by atoms with Gasteiger partial charge in [-0.3, -0.25) is 14.4 Å². The lowest BCUT2D eigenvalue weighted by molar-refractivity contribution is -0.149. The fourth-order valence-electron chi connectivity index (χ4n) is 3.52. The van der Waals surface area contributed by atoms with Gasteiger partial charge in [-0.25, -0.2) is 0 Å². The summed E-state index contributed by atoms with van der Waals surface area (Å²) in [4.78, 5) is 17.3. The van der Waals surface area contributed by atoms with E-state index in [9.17, 15) is 4.79 Å². The lowest BCUT2D eigenvalue weighted by Crippen LogP contribution is -2.56. The van der Waals surface area contributed by atoms with Crippen LogP contribution in [-0.4, -0.2) is 71.4 Å². The average Bonchev–Trinajstić information content (AvgIpc) is 3.00. The summed E-state index contributed by atoms with van der Waals surface area (Å²) in [6, 6.07) is 0. The smallest absolute Gasteiger partial charge is 0.230 e. The second kappa shape index (κ2) is 11.3. The lowest BCUT2D eigenvalue weighted by Gasteiger charge is -2.42. The van der Waals surface area contributed by atoms with E-state index in [-0.39, 0.29) is 43.1 Å². The molecule has 2 N–H and O–H groups in total. The van der Waals surface area contributed by atoms with E-state index in [2.05, 4.69) is 10.00 Å². The molecule has 1 aromatic rings. The summed E-state index contributed by atoms with van der Waals surface area (Å²) in [6.45, 7) is 5.96. The second-order valence-corrected chi connectivity index (χ2v) is 6.69. The summed E-state index contributed by atoms with van der Waals surface area (Å²) < 4.78 is 7.23. The Bertz CT molecular complexity index is 544. The SMILES string of the molecule is Cl.Cl.Cl.Cn1cc(CN2CCN(C(=O)C3(CN)CCOCC3)CC2)cn1. The number of aromatic nitrogens is 2. The molecule has 7 nitrogen and oxygen atoms in total. The van der Waals surface area contributed by atoms with Crippen molar-refractivity contribution in [2.24, 2.45) is 18.2 Å². The standard InChI is InChI=1S/C16H27N5O2.3ClH/c1-19-11-14(10-18-19)12-20-4-6-21(7-5-20)15(22)16(13-17)2-8-23-9-3-16;;;/h10-11H,2-9,12-13,17H2,1H3;3*1H. The van der Waals surface area contributed by atoms with E-state index in [1.165, 1.54) is 5.56 Å². The first kappa shape index (κ1) is 25.4. The molecule has 0 saturated carbocycles. The number of halogens is 3. The molecule has 2 aliphatic heterocycles. The van der Waals surface area contributed by atoms with Gasteiger partial charge in [-0.15, -0.1) is 37.2 Å². The number of ether oxygens (including phenoxy) is 1. The molecule has 0 unspecified atom stereocenters. The van der Waals surface area contributed by atoms with Crippen LogP contribution in [0.1, 0.15) is 18.4 Å². The summed E-state index contributed by atoms with van der Waals surface area (Å²) in [7, 11) is 1.93. The van der Waals surface area contributed by atoms with Crippen molar-refractivity contribution in [2.75, 3.05) is 45.9 Å². The molecule has 152 valence electrons. The highest BCUT2D eigenvalue weighted by Crippen LogP contribution is 2.32. The normalized spacial score (nSPS) is 19.7. The van der Waals surface area contributed by atoms with Crippen LogP contribution in [0.25, 0.3) is 0 Å². The summed E-state index contributed by atoms with van der Waals surface area (Å²) in [5.41, 5.74) is 6.77. The number of aryl methyl sites for hydroxylation is 1. The fraction of sp³-hybridized carbons (Fsp3) is 0.750. The van der Waals surface area contributed by atoms with Crippen molar-refractivity contribution < 1.29 is 9.53 Å². The Morgan fingerprint density at radius 1 is 1.19 bits per heavy atom. The topological polar surface area (TPSA) is 76.6 Å². The molecule has 3 rings (SSSR count). The van der Waals surface area contributed by atoms with Crippen molar-refractivity contribution in [3.63, 3.8) is 0 Å². The molecular weight excluding hydrogens is 401 g/mol. The van der Waals surface area contributed by atoms with Gasteiger partial charge in [0, 0.05) is 71.3 Å². The zero-order valence-corrected chi connectivity index (χ0v) is 17.6. The molecule has 1 aromatic heterocycles. The maximum absolute atomic E-state index is 12.9. The molecule has 0 aliphatic carbocycles. The molecule has 0 aromatic carbocycles. The minimum Gasteiger partial charge on any atom is -0.381 e. The molecule has 0 atom stereocenters. The maximum atomic E-state index is 12.9. The van der Waals surface area contributed by atoms with Crippen LogP contribution < -0.4 is 5.73 Å². The van der Waals surface area contributed by atoms with Gasteiger partial charge in [0.15, 0.2) is 0 Å². The Labute approximate surface area is 173 Å². The molecule has 2 aliphatic rings. The van der Waals surface area contributed by atoms with E-state index in [0.29, 0.717) is 19.8 Å². The highest BCUT2D eigenvalue weighted by Gasteiger charge is 2.42. The van der Waals surface area contributed by atoms with E-state index in [4.69, 9.17) is 10.5 Å². The number of rotatable bonds is 4. The molecule has 26 heavy (non-hydrogen) atoms. The highest BCUT2D eigenvalue weighted by atomic mass is 35.5. The number of hydrogen-bond donors (Lipinski definition) is 1. The minimum atomic E-state index is -0.399. The number of nitrogens with zero attached hydrogens (tertiary/aromatic N) is 4. The second-order valence-electron chi connectivity index (χ2n) is 6.69. The largest absolute Gasteiger partial charge is 0.381 e. The quantitative estimate of drug-likeness (QED) is 0.773. The zero-order chi connectivity index (χ0) is 16.3. The van der Waals surface area contributed by atoms with Gasteiger partial charge >= 0.3 is 0 Å². The van der Waals surface area contributed by atoms with E-state index in [1.807, 2.05) is 29.0 Å². The molecule has 0 spiro atoms. The highest BCUT2D eigenvalue weighted by molar-refractivity contribution is 5.86. The van der Waals surface area contributed by atoms with Gasteiger partial charge in [-0.2, -0.15) is 5.10 Å². The van der Waals surface area contributed by atoms with Gasteiger partial charge < -0.3 is 15.4 Å². The monoisotopic (exact) mass is 429 g/mol. The van der Waals surface area contributed by atoms with Gasteiger partial charge in [0.25, 0.3) is 0 Å². The van der Waals surface area contributed by atoms with Crippen molar-refractivity contribution in [3.05, 3.63) is 18.0 Å². The van der Waals surface area contributed by atoms with Crippen LogP contribution in [0, 0.1) is 5.41 Å². The molecule has 2 fully saturated rings. The summed E-state index contributed by atoms with van der Waals surface area (Å²) in [5.74, 6) is 0.226. The van der Waals surface area contributed by atoms with E-state index in [1.54, 1.807) is 0 Å². The number of hydrogen-bond acceptors (Lipinski definition) is 5. The molecular formula is C16H30Cl3N5O2. The van der Waals surface area contributed by atoms with Gasteiger partial charge in [-0.05, 0) is 12.8 Å². The number of carbonyl (C=O) groups is 1. The van der Waals surface area contributed by atoms with Crippen LogP contribution in [0.2, 0.25) is 0 Å². The third kappa shape index (κ3) is 5.71. The molecule has 10 heteroatoms. The molecule has 2 saturated heterocycles. The zero-order valence-electron chi connectivity index (χ0n) is 15.1. The maximum Gasteiger partial charge on any atom is 0.230 e. The van der Waals surface area contributed by atoms with Crippen LogP contribution in [0.15, 0.2) is 12.4 Å². The Hall–Kier alpha value is -0.570. The van der Waals surface area contributed by atoms with Crippen LogP contribution >= 0.6 is 37.2 Å². The number of carbonyl (C=O) groups excluding carboxylic acids is 1. The van der Waals surface area contributed by atoms with Crippen molar-refractivity contribution in [1.82, 2.24) is 19.6 Å². The minimum absolute atomic E-state index is 0. The van der Waals surface area contributed by atoms with Gasteiger partial charge in [-0.1, -0.05) is 0 Å². The molecule has 0 bridgehead atoms. The van der Waals surface area contributed by atoms with Crippen LogP contribution in [-0.2, 0) is 23.1 Å². The van der Waals surface area contributed by atoms with Gasteiger partial charge in [0.1, 0.15) is 0 Å². The Kier molecular flexibility index (Phi) is 11.1. The first-order valence-corrected chi connectivity index (χ1v) is 8.40. The first-order chi connectivity index (χ1) is 11.1. The van der Waals surface area contributed by atoms with Crippen LogP contribution in [0.4, 0.5) is 0 Å². The molecule has 3 heterocycles. The predicted molar refractivity (Wildman–Crippen MR) is 108 cm³/mol. The van der Waals surface area contributed by atoms with E-state index in [0.717, 1.165) is 45.6 Å². The van der Waals surface area contributed by atoms with Crippen molar-refractivity contribution in [2.45, 2.75) is 19.4 Å². The number of piperazine rings is 1. The number of amides is 1. The third-order valence-corrected chi connectivity index (χ3v) is 5.12. The lowest BCUT2D eigenvalue weighted by atomic mass is 9.78. The van der Waals surface area contributed by atoms with E-state index < -0.39 is 5.41 Å². The van der Waals surface area contributed by atoms with Crippen molar-refractivity contribution in [1.29, 1.82) is 0 Å². The Balaban J connectivity index is 0.00000208. The number of nitrogens with two attached hydrogens (primary N) is 1. The van der Waals surface area contributed by atoms with Crippen LogP contribution in [0.3, 0.4) is 0 Å².